The Morgan fingerprint density at radius 2 is 2.26 bits per heavy atom. The number of aryl methyl sites for hydroxylation is 2. The number of amides is 1. The molecule has 1 aliphatic heterocycles. The summed E-state index contributed by atoms with van der Waals surface area (Å²) in [7, 11) is 0. The minimum atomic E-state index is 0.0213. The van der Waals surface area contributed by atoms with Gasteiger partial charge in [0.15, 0.2) is 5.82 Å². The molecule has 0 spiro atoms. The van der Waals surface area contributed by atoms with Crippen molar-refractivity contribution in [3.8, 4) is 0 Å². The summed E-state index contributed by atoms with van der Waals surface area (Å²) in [6, 6.07) is 8.04. The van der Waals surface area contributed by atoms with Gasteiger partial charge in [0, 0.05) is 19.2 Å². The number of rotatable bonds is 2. The first-order chi connectivity index (χ1) is 9.24. The molecule has 0 saturated carbocycles. The summed E-state index contributed by atoms with van der Waals surface area (Å²) >= 11 is 0. The zero-order valence-electron chi connectivity index (χ0n) is 10.8. The van der Waals surface area contributed by atoms with E-state index in [1.807, 2.05) is 23.1 Å². The Morgan fingerprint density at radius 1 is 1.42 bits per heavy atom. The average molecular weight is 257 g/mol. The van der Waals surface area contributed by atoms with Gasteiger partial charge in [-0.1, -0.05) is 23.4 Å². The number of hydrogen-bond acceptors (Lipinski definition) is 4. The quantitative estimate of drug-likeness (QED) is 0.824. The van der Waals surface area contributed by atoms with Crippen LogP contribution in [0.15, 0.2) is 28.8 Å². The Kier molecular flexibility index (Phi) is 3.03. The highest BCUT2D eigenvalue weighted by Gasteiger charge is 2.23. The minimum Gasteiger partial charge on any atom is -0.340 e. The first-order valence-corrected chi connectivity index (χ1v) is 6.41. The van der Waals surface area contributed by atoms with E-state index in [4.69, 9.17) is 4.52 Å². The van der Waals surface area contributed by atoms with Gasteiger partial charge in [0.25, 0.3) is 0 Å². The van der Waals surface area contributed by atoms with Crippen molar-refractivity contribution in [3.05, 3.63) is 41.5 Å². The van der Waals surface area contributed by atoms with Crippen molar-refractivity contribution in [2.24, 2.45) is 0 Å². The summed E-state index contributed by atoms with van der Waals surface area (Å²) in [6.07, 6.45) is 2.21. The number of aromatic nitrogens is 2. The number of hydrogen-bond donors (Lipinski definition) is 0. The number of carbonyl (C=O) groups is 1. The van der Waals surface area contributed by atoms with Crippen molar-refractivity contribution in [2.45, 2.75) is 26.2 Å². The summed E-state index contributed by atoms with van der Waals surface area (Å²) in [6.45, 7) is 2.48. The van der Waals surface area contributed by atoms with Crippen LogP contribution < -0.4 is 4.90 Å². The molecule has 0 radical (unpaired) electrons. The molecule has 2 aromatic rings. The molecule has 98 valence electrons. The third kappa shape index (κ3) is 2.36. The number of anilines is 1. The van der Waals surface area contributed by atoms with Gasteiger partial charge in [-0.25, -0.2) is 0 Å². The Morgan fingerprint density at radius 3 is 3.05 bits per heavy atom. The number of carbonyl (C=O) groups excluding carboxylic acids is 1. The maximum absolute atomic E-state index is 12.3. The molecule has 0 bridgehead atoms. The molecule has 1 aromatic carbocycles. The van der Waals surface area contributed by atoms with Crippen LogP contribution in [0, 0.1) is 6.92 Å². The summed E-state index contributed by atoms with van der Waals surface area (Å²) in [5.41, 5.74) is 2.24. The van der Waals surface area contributed by atoms with E-state index in [9.17, 15) is 4.79 Å². The third-order valence-electron chi connectivity index (χ3n) is 3.29. The van der Waals surface area contributed by atoms with E-state index >= 15 is 0 Å². The molecule has 1 amide bonds. The first kappa shape index (κ1) is 11.9. The molecule has 5 nitrogen and oxygen atoms in total. The SMILES string of the molecule is Cc1nc(CC(=O)N2CCCc3ccccc32)no1. The molecule has 0 atom stereocenters. The van der Waals surface area contributed by atoms with E-state index in [0.29, 0.717) is 11.7 Å². The highest BCUT2D eigenvalue weighted by Crippen LogP contribution is 2.27. The number of benzene rings is 1. The molecule has 2 heterocycles. The lowest BCUT2D eigenvalue weighted by molar-refractivity contribution is -0.118. The van der Waals surface area contributed by atoms with Gasteiger partial charge in [-0.2, -0.15) is 4.98 Å². The first-order valence-electron chi connectivity index (χ1n) is 6.41. The number of fused-ring (bicyclic) bond motifs is 1. The fourth-order valence-corrected chi connectivity index (χ4v) is 2.44. The predicted octanol–water partition coefficient (Wildman–Crippen LogP) is 1.90. The molecule has 0 unspecified atom stereocenters. The van der Waals surface area contributed by atoms with Crippen LogP contribution in [-0.4, -0.2) is 22.6 Å². The molecule has 0 N–H and O–H groups in total. The molecule has 1 aliphatic rings. The largest absolute Gasteiger partial charge is 0.340 e. The van der Waals surface area contributed by atoms with Crippen LogP contribution in [0.2, 0.25) is 0 Å². The molecule has 0 fully saturated rings. The molecule has 1 aromatic heterocycles. The summed E-state index contributed by atoms with van der Waals surface area (Å²) in [5.74, 6) is 0.959. The fraction of sp³-hybridized carbons (Fsp3) is 0.357. The summed E-state index contributed by atoms with van der Waals surface area (Å²) < 4.78 is 4.89. The Bertz CT molecular complexity index is 606. The van der Waals surface area contributed by atoms with Crippen molar-refractivity contribution >= 4 is 11.6 Å². The van der Waals surface area contributed by atoms with Crippen molar-refractivity contribution in [3.63, 3.8) is 0 Å². The highest BCUT2D eigenvalue weighted by atomic mass is 16.5. The van der Waals surface area contributed by atoms with E-state index in [1.54, 1.807) is 6.92 Å². The van der Waals surface area contributed by atoms with Gasteiger partial charge in [-0.15, -0.1) is 0 Å². The van der Waals surface area contributed by atoms with E-state index in [2.05, 4.69) is 16.2 Å². The van der Waals surface area contributed by atoms with Gasteiger partial charge in [-0.3, -0.25) is 4.79 Å². The van der Waals surface area contributed by atoms with Crippen molar-refractivity contribution < 1.29 is 9.32 Å². The van der Waals surface area contributed by atoms with Crippen LogP contribution in [0.5, 0.6) is 0 Å². The maximum atomic E-state index is 12.3. The normalized spacial score (nSPS) is 14.3. The smallest absolute Gasteiger partial charge is 0.234 e. The highest BCUT2D eigenvalue weighted by molar-refractivity contribution is 5.95. The van der Waals surface area contributed by atoms with Crippen LogP contribution in [0.3, 0.4) is 0 Å². The van der Waals surface area contributed by atoms with E-state index in [-0.39, 0.29) is 12.3 Å². The molecular formula is C14H15N3O2. The average Bonchev–Trinajstić information content (AvgIpc) is 2.83. The van der Waals surface area contributed by atoms with Gasteiger partial charge < -0.3 is 9.42 Å². The standard InChI is InChI=1S/C14H15N3O2/c1-10-15-13(16-19-10)9-14(18)17-8-4-6-11-5-2-3-7-12(11)17/h2-3,5,7H,4,6,8-9H2,1H3. The van der Waals surface area contributed by atoms with Gasteiger partial charge in [0.1, 0.15) is 0 Å². The van der Waals surface area contributed by atoms with Gasteiger partial charge in [0.2, 0.25) is 11.8 Å². The predicted molar refractivity (Wildman–Crippen MR) is 69.9 cm³/mol. The van der Waals surface area contributed by atoms with Crippen LogP contribution >= 0.6 is 0 Å². The lowest BCUT2D eigenvalue weighted by atomic mass is 10.0. The summed E-state index contributed by atoms with van der Waals surface area (Å²) in [4.78, 5) is 18.2. The number of para-hydroxylation sites is 1. The Balaban J connectivity index is 1.81. The molecular weight excluding hydrogens is 242 g/mol. The second-order valence-electron chi connectivity index (χ2n) is 4.68. The summed E-state index contributed by atoms with van der Waals surface area (Å²) in [5, 5.41) is 3.77. The second kappa shape index (κ2) is 4.84. The van der Waals surface area contributed by atoms with Crippen molar-refractivity contribution in [1.82, 2.24) is 10.1 Å². The van der Waals surface area contributed by atoms with E-state index in [1.165, 1.54) is 5.56 Å². The van der Waals surface area contributed by atoms with Gasteiger partial charge in [-0.05, 0) is 24.5 Å². The zero-order valence-corrected chi connectivity index (χ0v) is 10.8. The molecule has 0 saturated heterocycles. The van der Waals surface area contributed by atoms with E-state index < -0.39 is 0 Å². The van der Waals surface area contributed by atoms with Crippen molar-refractivity contribution in [1.29, 1.82) is 0 Å². The van der Waals surface area contributed by atoms with Gasteiger partial charge in [0.05, 0.1) is 6.42 Å². The van der Waals surface area contributed by atoms with Crippen molar-refractivity contribution in [2.75, 3.05) is 11.4 Å². The Labute approximate surface area is 111 Å². The zero-order chi connectivity index (χ0) is 13.2. The van der Waals surface area contributed by atoms with Crippen LogP contribution in [0.4, 0.5) is 5.69 Å². The van der Waals surface area contributed by atoms with Crippen LogP contribution in [-0.2, 0) is 17.6 Å². The van der Waals surface area contributed by atoms with Crippen LogP contribution in [0.25, 0.3) is 0 Å². The van der Waals surface area contributed by atoms with Crippen LogP contribution in [0.1, 0.15) is 23.7 Å². The minimum absolute atomic E-state index is 0.0213. The number of nitrogens with zero attached hydrogens (tertiary/aromatic N) is 3. The molecule has 3 rings (SSSR count). The fourth-order valence-electron chi connectivity index (χ4n) is 2.44. The second-order valence-corrected chi connectivity index (χ2v) is 4.68. The molecule has 5 heteroatoms. The Hall–Kier alpha value is -2.17. The monoisotopic (exact) mass is 257 g/mol. The maximum Gasteiger partial charge on any atom is 0.234 e. The molecule has 0 aliphatic carbocycles. The lowest BCUT2D eigenvalue weighted by Gasteiger charge is -2.29. The third-order valence-corrected chi connectivity index (χ3v) is 3.29. The molecule has 19 heavy (non-hydrogen) atoms. The lowest BCUT2D eigenvalue weighted by Crippen LogP contribution is -2.36. The topological polar surface area (TPSA) is 59.2 Å². The van der Waals surface area contributed by atoms with E-state index in [0.717, 1.165) is 25.1 Å². The van der Waals surface area contributed by atoms with Gasteiger partial charge >= 0.3 is 0 Å².